The molecule has 1 heterocycles. The number of β-amino-alcohol motifs (C(OH)–C–C–N with tert-alkyl or cyclic N) is 1. The normalized spacial score (nSPS) is 14.8. The highest BCUT2D eigenvalue weighted by molar-refractivity contribution is 8.03. The molecule has 0 saturated heterocycles. The van der Waals surface area contributed by atoms with Gasteiger partial charge >= 0.3 is 0 Å². The van der Waals surface area contributed by atoms with E-state index in [9.17, 15) is 5.11 Å². The molecule has 0 unspecified atom stereocenters. The number of aryl methyl sites for hydroxylation is 1. The molecule has 0 aliphatic carbocycles. The molecule has 3 heteroatoms. The smallest absolute Gasteiger partial charge is 0.0610 e. The van der Waals surface area contributed by atoms with Crippen molar-refractivity contribution in [1.82, 2.24) is 0 Å². The van der Waals surface area contributed by atoms with Crippen molar-refractivity contribution in [2.45, 2.75) is 11.8 Å². The van der Waals surface area contributed by atoms with Gasteiger partial charge in [0, 0.05) is 33.8 Å². The molecule has 0 atom stereocenters. The molecule has 132 valence electrons. The number of nitrogens with zero attached hydrogens (tertiary/aromatic N) is 1. The van der Waals surface area contributed by atoms with Crippen LogP contribution in [-0.4, -0.2) is 18.3 Å². The number of rotatable bonds is 6. The van der Waals surface area contributed by atoms with Gasteiger partial charge in [0.2, 0.25) is 0 Å². The fourth-order valence-corrected chi connectivity index (χ4v) is 3.67. The number of allylic oxidation sites excluding steroid dienone is 5. The van der Waals surface area contributed by atoms with Crippen LogP contribution in [-0.2, 0) is 0 Å². The van der Waals surface area contributed by atoms with E-state index < -0.39 is 0 Å². The van der Waals surface area contributed by atoms with Crippen LogP contribution in [0.4, 0.5) is 5.69 Å². The molecule has 0 bridgehead atoms. The first-order chi connectivity index (χ1) is 12.7. The zero-order valence-corrected chi connectivity index (χ0v) is 15.7. The summed E-state index contributed by atoms with van der Waals surface area (Å²) < 4.78 is 0. The molecule has 1 aliphatic rings. The molecule has 0 amide bonds. The zero-order valence-electron chi connectivity index (χ0n) is 14.9. The number of fused-ring (bicyclic) bond motifs is 1. The van der Waals surface area contributed by atoms with Crippen molar-refractivity contribution in [3.63, 3.8) is 0 Å². The fourth-order valence-electron chi connectivity index (χ4n) is 2.86. The highest BCUT2D eigenvalue weighted by Gasteiger charge is 2.14. The standard InChI is InChI=1S/C23H23NOS/c1-18-8-3-6-13-23(18)26-19(2)9-7-10-20-14-15-24(16-17-25)22-12-5-4-11-21(20)22/h3-15,25H,2,16-17H2,1H3. The molecular weight excluding hydrogens is 338 g/mol. The van der Waals surface area contributed by atoms with E-state index in [0.717, 1.165) is 16.2 Å². The molecule has 1 N–H and O–H groups in total. The Balaban J connectivity index is 1.74. The highest BCUT2D eigenvalue weighted by Crippen LogP contribution is 2.33. The SMILES string of the molecule is C=C(C=CC=C1C=CN(CCO)c2ccccc21)Sc1ccccc1C. The third-order valence-electron chi connectivity index (χ3n) is 4.19. The van der Waals surface area contributed by atoms with Gasteiger partial charge in [-0.1, -0.05) is 66.9 Å². The topological polar surface area (TPSA) is 23.5 Å². The first-order valence-corrected chi connectivity index (χ1v) is 9.46. The first-order valence-electron chi connectivity index (χ1n) is 8.65. The average molecular weight is 362 g/mol. The lowest BCUT2D eigenvalue weighted by Gasteiger charge is -2.26. The molecule has 2 nitrogen and oxygen atoms in total. The predicted octanol–water partition coefficient (Wildman–Crippen LogP) is 5.57. The van der Waals surface area contributed by atoms with Crippen LogP contribution in [0.5, 0.6) is 0 Å². The summed E-state index contributed by atoms with van der Waals surface area (Å²) in [5.74, 6) is 0. The van der Waals surface area contributed by atoms with E-state index >= 15 is 0 Å². The number of aliphatic hydroxyl groups is 1. The van der Waals surface area contributed by atoms with Crippen LogP contribution < -0.4 is 4.90 Å². The number of thioether (sulfide) groups is 1. The number of hydrogen-bond donors (Lipinski definition) is 1. The van der Waals surface area contributed by atoms with E-state index in [2.05, 4.69) is 67.0 Å². The van der Waals surface area contributed by atoms with Crippen molar-refractivity contribution in [1.29, 1.82) is 0 Å². The van der Waals surface area contributed by atoms with Gasteiger partial charge < -0.3 is 10.0 Å². The fraction of sp³-hybridized carbons (Fsp3) is 0.130. The van der Waals surface area contributed by atoms with E-state index in [0.29, 0.717) is 6.54 Å². The third-order valence-corrected chi connectivity index (χ3v) is 5.27. The minimum absolute atomic E-state index is 0.133. The Labute approximate surface area is 159 Å². The first kappa shape index (κ1) is 18.3. The maximum atomic E-state index is 9.24. The summed E-state index contributed by atoms with van der Waals surface area (Å²) in [6.45, 7) is 6.99. The molecule has 26 heavy (non-hydrogen) atoms. The Morgan fingerprint density at radius 3 is 2.73 bits per heavy atom. The third kappa shape index (κ3) is 4.37. The second kappa shape index (κ2) is 8.75. The highest BCUT2D eigenvalue weighted by atomic mass is 32.2. The van der Waals surface area contributed by atoms with Gasteiger partial charge in [-0.2, -0.15) is 0 Å². The van der Waals surface area contributed by atoms with Gasteiger partial charge in [-0.05, 0) is 42.3 Å². The van der Waals surface area contributed by atoms with Gasteiger partial charge in [0.15, 0.2) is 0 Å². The maximum Gasteiger partial charge on any atom is 0.0610 e. The van der Waals surface area contributed by atoms with Crippen molar-refractivity contribution in [2.24, 2.45) is 0 Å². The number of anilines is 1. The van der Waals surface area contributed by atoms with Crippen molar-refractivity contribution in [3.8, 4) is 0 Å². The van der Waals surface area contributed by atoms with Crippen LogP contribution in [0.3, 0.4) is 0 Å². The molecule has 2 aromatic rings. The summed E-state index contributed by atoms with van der Waals surface area (Å²) in [6.07, 6.45) is 10.3. The van der Waals surface area contributed by atoms with Gasteiger partial charge in [-0.3, -0.25) is 0 Å². The Bertz CT molecular complexity index is 879. The molecule has 0 saturated carbocycles. The number of benzene rings is 2. The molecule has 3 rings (SSSR count). The van der Waals surface area contributed by atoms with Gasteiger partial charge in [-0.15, -0.1) is 0 Å². The van der Waals surface area contributed by atoms with Crippen LogP contribution in [0.1, 0.15) is 11.1 Å². The van der Waals surface area contributed by atoms with Crippen LogP contribution in [0.2, 0.25) is 0 Å². The lowest BCUT2D eigenvalue weighted by molar-refractivity contribution is 0.305. The Morgan fingerprint density at radius 1 is 1.15 bits per heavy atom. The quantitative estimate of drug-likeness (QED) is 0.538. The Hall–Kier alpha value is -2.49. The summed E-state index contributed by atoms with van der Waals surface area (Å²) in [5.41, 5.74) is 4.71. The van der Waals surface area contributed by atoms with Crippen molar-refractivity contribution in [2.75, 3.05) is 18.1 Å². The summed E-state index contributed by atoms with van der Waals surface area (Å²) in [5, 5.41) is 9.24. The van der Waals surface area contributed by atoms with Gasteiger partial charge in [-0.25, -0.2) is 0 Å². The van der Waals surface area contributed by atoms with Gasteiger partial charge in [0.05, 0.1) is 6.61 Å². The molecule has 0 aromatic heterocycles. The average Bonchev–Trinajstić information content (AvgIpc) is 2.65. The molecular formula is C23H23NOS. The van der Waals surface area contributed by atoms with Crippen molar-refractivity contribution in [3.05, 3.63) is 102 Å². The van der Waals surface area contributed by atoms with E-state index in [4.69, 9.17) is 0 Å². The monoisotopic (exact) mass is 361 g/mol. The molecule has 0 radical (unpaired) electrons. The Kier molecular flexibility index (Phi) is 6.16. The lowest BCUT2D eigenvalue weighted by atomic mass is 9.99. The van der Waals surface area contributed by atoms with Gasteiger partial charge in [0.25, 0.3) is 0 Å². The number of para-hydroxylation sites is 1. The summed E-state index contributed by atoms with van der Waals surface area (Å²) in [4.78, 5) is 4.31. The zero-order chi connectivity index (χ0) is 18.4. The summed E-state index contributed by atoms with van der Waals surface area (Å²) in [6, 6.07) is 16.6. The second-order valence-electron chi connectivity index (χ2n) is 6.06. The largest absolute Gasteiger partial charge is 0.395 e. The van der Waals surface area contributed by atoms with Crippen LogP contribution in [0, 0.1) is 6.92 Å². The summed E-state index contributed by atoms with van der Waals surface area (Å²) >= 11 is 1.68. The lowest BCUT2D eigenvalue weighted by Crippen LogP contribution is -2.23. The van der Waals surface area contributed by atoms with E-state index in [1.807, 2.05) is 30.5 Å². The van der Waals surface area contributed by atoms with E-state index in [1.54, 1.807) is 11.8 Å². The van der Waals surface area contributed by atoms with E-state index in [-0.39, 0.29) is 6.61 Å². The van der Waals surface area contributed by atoms with E-state index in [1.165, 1.54) is 16.0 Å². The minimum Gasteiger partial charge on any atom is -0.395 e. The maximum absolute atomic E-state index is 9.24. The molecule has 0 fully saturated rings. The molecule has 2 aromatic carbocycles. The van der Waals surface area contributed by atoms with Crippen LogP contribution in [0.15, 0.2) is 95.4 Å². The number of aliphatic hydroxyl groups excluding tert-OH is 1. The van der Waals surface area contributed by atoms with Crippen LogP contribution >= 0.6 is 11.8 Å². The molecule has 1 aliphatic heterocycles. The minimum atomic E-state index is 0.133. The Morgan fingerprint density at radius 2 is 1.92 bits per heavy atom. The van der Waals surface area contributed by atoms with Gasteiger partial charge in [0.1, 0.15) is 0 Å². The second-order valence-corrected chi connectivity index (χ2v) is 7.23. The number of hydrogen-bond acceptors (Lipinski definition) is 3. The molecule has 0 spiro atoms. The summed E-state index contributed by atoms with van der Waals surface area (Å²) in [7, 11) is 0. The van der Waals surface area contributed by atoms with Crippen LogP contribution in [0.25, 0.3) is 5.57 Å². The van der Waals surface area contributed by atoms with Crippen molar-refractivity contribution < 1.29 is 5.11 Å². The predicted molar refractivity (Wildman–Crippen MR) is 113 cm³/mol. The van der Waals surface area contributed by atoms with Crippen molar-refractivity contribution >= 4 is 23.0 Å².